The van der Waals surface area contributed by atoms with Crippen LogP contribution < -0.4 is 10.6 Å². The zero-order valence-electron chi connectivity index (χ0n) is 32.6. The maximum Gasteiger partial charge on any atom is 0.408 e. The molecule has 0 aliphatic heterocycles. The van der Waals surface area contributed by atoms with Gasteiger partial charge in [-0.15, -0.1) is 0 Å². The highest BCUT2D eigenvalue weighted by Gasteiger charge is 2.44. The Morgan fingerprint density at radius 1 is 0.712 bits per heavy atom. The number of aromatic hydroxyl groups is 1. The standard InChI is InChI=1S/C42H57N3O7/c1-12-42(10,11)45(37(48)33(44-39(50)52-41(7,8)9)25-30-21-23-31(46)24-22-30)35(32-20-16-17-27(2)28(32)3)36(47)43-34(38(49)51-40(4,5)6)26-29-18-14-13-15-19-29/h13-24,33-35,46H,12,25-26H2,1-11H3,(H,43,47)(H,44,50). The van der Waals surface area contributed by atoms with Crippen LogP contribution in [0.25, 0.3) is 0 Å². The Hall–Kier alpha value is -4.86. The topological polar surface area (TPSA) is 134 Å². The van der Waals surface area contributed by atoms with Crippen molar-refractivity contribution in [2.45, 2.75) is 130 Å². The van der Waals surface area contributed by atoms with Gasteiger partial charge in [0.15, 0.2) is 0 Å². The smallest absolute Gasteiger partial charge is 0.408 e. The van der Waals surface area contributed by atoms with Crippen LogP contribution in [0, 0.1) is 13.8 Å². The van der Waals surface area contributed by atoms with E-state index >= 15 is 4.79 Å². The molecule has 0 spiro atoms. The van der Waals surface area contributed by atoms with Gasteiger partial charge < -0.3 is 30.1 Å². The number of carbonyl (C=O) groups excluding carboxylic acids is 4. The van der Waals surface area contributed by atoms with Crippen molar-refractivity contribution < 1.29 is 33.8 Å². The molecule has 0 aromatic heterocycles. The number of ether oxygens (including phenoxy) is 2. The van der Waals surface area contributed by atoms with Crippen LogP contribution in [0.2, 0.25) is 0 Å². The Labute approximate surface area is 309 Å². The fourth-order valence-corrected chi connectivity index (χ4v) is 5.77. The van der Waals surface area contributed by atoms with E-state index in [4.69, 9.17) is 9.47 Å². The molecular weight excluding hydrogens is 658 g/mol. The predicted octanol–water partition coefficient (Wildman–Crippen LogP) is 7.27. The second kappa shape index (κ2) is 17.1. The molecule has 3 N–H and O–H groups in total. The molecule has 10 heteroatoms. The molecule has 0 aliphatic rings. The van der Waals surface area contributed by atoms with Gasteiger partial charge in [0, 0.05) is 18.4 Å². The molecule has 10 nitrogen and oxygen atoms in total. The summed E-state index contributed by atoms with van der Waals surface area (Å²) >= 11 is 0. The first-order valence-electron chi connectivity index (χ1n) is 17.9. The minimum Gasteiger partial charge on any atom is -0.508 e. The minimum atomic E-state index is -1.22. The van der Waals surface area contributed by atoms with Crippen molar-refractivity contribution in [3.8, 4) is 5.75 Å². The van der Waals surface area contributed by atoms with Crippen molar-refractivity contribution in [3.05, 3.63) is 101 Å². The van der Waals surface area contributed by atoms with Gasteiger partial charge in [-0.1, -0.05) is 67.6 Å². The van der Waals surface area contributed by atoms with Crippen LogP contribution in [-0.4, -0.2) is 62.7 Å². The van der Waals surface area contributed by atoms with E-state index in [1.54, 1.807) is 53.7 Å². The fourth-order valence-electron chi connectivity index (χ4n) is 5.77. The summed E-state index contributed by atoms with van der Waals surface area (Å²) < 4.78 is 11.4. The maximum atomic E-state index is 15.2. The van der Waals surface area contributed by atoms with E-state index in [0.717, 1.165) is 16.7 Å². The lowest BCUT2D eigenvalue weighted by Crippen LogP contribution is -2.61. The molecule has 3 rings (SSSR count). The summed E-state index contributed by atoms with van der Waals surface area (Å²) in [5, 5.41) is 15.7. The number of nitrogens with zero attached hydrogens (tertiary/aromatic N) is 1. The Morgan fingerprint density at radius 2 is 1.27 bits per heavy atom. The number of alkyl carbamates (subject to hydrolysis) is 1. The number of benzene rings is 3. The zero-order chi connectivity index (χ0) is 39.0. The van der Waals surface area contributed by atoms with Gasteiger partial charge in [-0.25, -0.2) is 9.59 Å². The van der Waals surface area contributed by atoms with Crippen LogP contribution in [0.5, 0.6) is 5.75 Å². The molecule has 52 heavy (non-hydrogen) atoms. The Bertz CT molecular complexity index is 1690. The monoisotopic (exact) mass is 715 g/mol. The van der Waals surface area contributed by atoms with Gasteiger partial charge >= 0.3 is 12.1 Å². The minimum absolute atomic E-state index is 0.0460. The van der Waals surface area contributed by atoms with Crippen LogP contribution in [0.4, 0.5) is 4.79 Å². The molecule has 3 atom stereocenters. The number of aryl methyl sites for hydroxylation is 1. The third kappa shape index (κ3) is 11.9. The molecule has 3 aromatic carbocycles. The summed E-state index contributed by atoms with van der Waals surface area (Å²) in [6, 6.07) is 17.8. The van der Waals surface area contributed by atoms with Gasteiger partial charge in [-0.3, -0.25) is 9.59 Å². The first-order chi connectivity index (χ1) is 24.1. The number of amides is 3. The molecular formula is C42H57N3O7. The lowest BCUT2D eigenvalue weighted by Gasteiger charge is -2.45. The average Bonchev–Trinajstić information content (AvgIpc) is 3.04. The van der Waals surface area contributed by atoms with E-state index in [1.165, 1.54) is 17.0 Å². The van der Waals surface area contributed by atoms with E-state index in [-0.39, 0.29) is 18.6 Å². The molecule has 0 fully saturated rings. The lowest BCUT2D eigenvalue weighted by molar-refractivity contribution is -0.159. The van der Waals surface area contributed by atoms with Crippen LogP contribution in [0.15, 0.2) is 72.8 Å². The first-order valence-corrected chi connectivity index (χ1v) is 17.9. The second-order valence-corrected chi connectivity index (χ2v) is 15.9. The largest absolute Gasteiger partial charge is 0.508 e. The maximum absolute atomic E-state index is 15.2. The Morgan fingerprint density at radius 3 is 1.83 bits per heavy atom. The number of carbonyl (C=O) groups is 4. The van der Waals surface area contributed by atoms with Crippen LogP contribution in [-0.2, 0) is 36.7 Å². The third-order valence-corrected chi connectivity index (χ3v) is 8.86. The van der Waals surface area contributed by atoms with Crippen LogP contribution in [0.1, 0.15) is 103 Å². The summed E-state index contributed by atoms with van der Waals surface area (Å²) in [6.07, 6.45) is -0.134. The van der Waals surface area contributed by atoms with Crippen molar-refractivity contribution in [3.63, 3.8) is 0 Å². The Balaban J connectivity index is 2.22. The van der Waals surface area contributed by atoms with E-state index in [9.17, 15) is 19.5 Å². The molecule has 3 aromatic rings. The number of rotatable bonds is 13. The number of hydrogen-bond donors (Lipinski definition) is 3. The van der Waals surface area contributed by atoms with Gasteiger partial charge in [-0.2, -0.15) is 0 Å². The predicted molar refractivity (Wildman–Crippen MR) is 203 cm³/mol. The van der Waals surface area contributed by atoms with Crippen LogP contribution >= 0.6 is 0 Å². The van der Waals surface area contributed by atoms with E-state index in [0.29, 0.717) is 17.5 Å². The molecule has 0 bridgehead atoms. The van der Waals surface area contributed by atoms with Crippen molar-refractivity contribution in [1.82, 2.24) is 15.5 Å². The van der Waals surface area contributed by atoms with Crippen molar-refractivity contribution >= 4 is 23.9 Å². The lowest BCUT2D eigenvalue weighted by atomic mass is 9.88. The molecule has 3 unspecified atom stereocenters. The first kappa shape index (κ1) is 41.6. The summed E-state index contributed by atoms with van der Waals surface area (Å²) in [5.41, 5.74) is 1.20. The second-order valence-electron chi connectivity index (χ2n) is 15.9. The highest BCUT2D eigenvalue weighted by atomic mass is 16.6. The highest BCUT2D eigenvalue weighted by Crippen LogP contribution is 2.35. The van der Waals surface area contributed by atoms with Crippen molar-refractivity contribution in [2.24, 2.45) is 0 Å². The Kier molecular flexibility index (Phi) is 13.7. The molecule has 0 aliphatic carbocycles. The zero-order valence-corrected chi connectivity index (χ0v) is 32.6. The molecule has 0 heterocycles. The van der Waals surface area contributed by atoms with Gasteiger partial charge in [0.25, 0.3) is 0 Å². The summed E-state index contributed by atoms with van der Waals surface area (Å²) in [6.45, 7) is 20.0. The number of phenols is 1. The van der Waals surface area contributed by atoms with E-state index < -0.39 is 58.7 Å². The quantitative estimate of drug-likeness (QED) is 0.159. The van der Waals surface area contributed by atoms with Gasteiger partial charge in [0.1, 0.15) is 35.1 Å². The number of esters is 1. The van der Waals surface area contributed by atoms with Crippen molar-refractivity contribution in [1.29, 1.82) is 0 Å². The molecule has 282 valence electrons. The number of phenolic OH excluding ortho intramolecular Hbond substituents is 1. The van der Waals surface area contributed by atoms with Gasteiger partial charge in [0.05, 0.1) is 0 Å². The van der Waals surface area contributed by atoms with Gasteiger partial charge in [0.2, 0.25) is 11.8 Å². The van der Waals surface area contributed by atoms with Crippen molar-refractivity contribution in [2.75, 3.05) is 0 Å². The number of nitrogens with one attached hydrogen (secondary N) is 2. The third-order valence-electron chi connectivity index (χ3n) is 8.86. The fraction of sp³-hybridized carbons (Fsp3) is 0.476. The van der Waals surface area contributed by atoms with E-state index in [1.807, 2.05) is 83.1 Å². The van der Waals surface area contributed by atoms with Gasteiger partial charge in [-0.05, 0) is 116 Å². The van der Waals surface area contributed by atoms with Crippen LogP contribution in [0.3, 0.4) is 0 Å². The molecule has 0 saturated carbocycles. The molecule has 0 radical (unpaired) electrons. The molecule has 3 amide bonds. The summed E-state index contributed by atoms with van der Waals surface area (Å²) in [5.74, 6) is -1.64. The molecule has 0 saturated heterocycles. The summed E-state index contributed by atoms with van der Waals surface area (Å²) in [7, 11) is 0. The highest BCUT2D eigenvalue weighted by molar-refractivity contribution is 5.94. The summed E-state index contributed by atoms with van der Waals surface area (Å²) in [4.78, 5) is 58.6. The SMILES string of the molecule is CCC(C)(C)N(C(=O)C(Cc1ccc(O)cc1)NC(=O)OC(C)(C)C)C(C(=O)NC(Cc1ccccc1)C(=O)OC(C)(C)C)c1cccc(C)c1C. The normalized spacial score (nSPS) is 13.7. The van der Waals surface area contributed by atoms with E-state index in [2.05, 4.69) is 10.6 Å². The number of hydrogen-bond acceptors (Lipinski definition) is 7. The average molecular weight is 716 g/mol.